The van der Waals surface area contributed by atoms with E-state index in [1.807, 2.05) is 12.1 Å². The molecule has 1 fully saturated rings. The number of fused-ring (bicyclic) bond motifs is 3. The Balaban J connectivity index is 1.47. The van der Waals surface area contributed by atoms with Crippen LogP contribution < -0.4 is 0 Å². The van der Waals surface area contributed by atoms with Gasteiger partial charge in [-0.2, -0.15) is 0 Å². The number of amides is 1. The minimum absolute atomic E-state index is 0.0632. The normalized spacial score (nSPS) is 19.5. The maximum Gasteiger partial charge on any atom is 0.227 e. The molecule has 1 amide bonds. The van der Waals surface area contributed by atoms with Gasteiger partial charge in [-0.15, -0.1) is 0 Å². The van der Waals surface area contributed by atoms with E-state index in [9.17, 15) is 4.79 Å². The third kappa shape index (κ3) is 4.21. The highest BCUT2D eigenvalue weighted by atomic mass is 35.5. The fourth-order valence-corrected chi connectivity index (χ4v) is 5.46. The molecule has 162 valence electrons. The molecule has 1 saturated heterocycles. The van der Waals surface area contributed by atoms with Crippen molar-refractivity contribution in [3.8, 4) is 0 Å². The average Bonchev–Trinajstić information content (AvgIpc) is 3.16. The van der Waals surface area contributed by atoms with Crippen LogP contribution in [0.5, 0.6) is 0 Å². The van der Waals surface area contributed by atoms with E-state index in [0.717, 1.165) is 43.7 Å². The molecule has 0 aliphatic carbocycles. The van der Waals surface area contributed by atoms with Crippen molar-refractivity contribution in [1.82, 2.24) is 14.8 Å². The monoisotopic (exact) mass is 455 g/mol. The summed E-state index contributed by atoms with van der Waals surface area (Å²) in [6, 6.07) is 14.0. The lowest BCUT2D eigenvalue weighted by atomic mass is 9.94. The van der Waals surface area contributed by atoms with Crippen LogP contribution in [-0.2, 0) is 17.6 Å². The van der Waals surface area contributed by atoms with Crippen LogP contribution in [0, 0.1) is 0 Å². The molecule has 1 N–H and O–H groups in total. The maximum absolute atomic E-state index is 13.5. The van der Waals surface area contributed by atoms with Gasteiger partial charge in [0.15, 0.2) is 0 Å². The van der Waals surface area contributed by atoms with Gasteiger partial charge in [-0.05, 0) is 49.7 Å². The van der Waals surface area contributed by atoms with Crippen molar-refractivity contribution in [3.05, 3.63) is 69.3 Å². The molecule has 0 bridgehead atoms. The molecule has 6 heteroatoms. The van der Waals surface area contributed by atoms with Crippen LogP contribution in [0.25, 0.3) is 10.9 Å². The number of aromatic nitrogens is 1. The molecule has 2 aliphatic rings. The largest absolute Gasteiger partial charge is 0.358 e. The smallest absolute Gasteiger partial charge is 0.227 e. The van der Waals surface area contributed by atoms with Crippen molar-refractivity contribution < 1.29 is 4.79 Å². The topological polar surface area (TPSA) is 39.3 Å². The molecule has 3 heterocycles. The predicted octanol–water partition coefficient (Wildman–Crippen LogP) is 5.63. The van der Waals surface area contributed by atoms with E-state index < -0.39 is 0 Å². The molecular weight excluding hydrogens is 429 g/mol. The van der Waals surface area contributed by atoms with E-state index in [4.69, 9.17) is 23.2 Å². The van der Waals surface area contributed by atoms with E-state index in [-0.39, 0.29) is 11.9 Å². The van der Waals surface area contributed by atoms with Crippen LogP contribution in [-0.4, -0.2) is 46.9 Å². The van der Waals surface area contributed by atoms with Crippen LogP contribution in [0.15, 0.2) is 42.5 Å². The third-order valence-corrected chi connectivity index (χ3v) is 7.42. The molecule has 3 aromatic rings. The zero-order valence-corrected chi connectivity index (χ0v) is 19.1. The fraction of sp³-hybridized carbons (Fsp3) is 0.400. The summed E-state index contributed by atoms with van der Waals surface area (Å²) in [5.41, 5.74) is 4.65. The Morgan fingerprint density at radius 3 is 2.61 bits per heavy atom. The van der Waals surface area contributed by atoms with Gasteiger partial charge in [-0.1, -0.05) is 53.9 Å². The van der Waals surface area contributed by atoms with Gasteiger partial charge < -0.3 is 14.8 Å². The second-order valence-electron chi connectivity index (χ2n) is 8.70. The van der Waals surface area contributed by atoms with Crippen LogP contribution >= 0.6 is 23.2 Å². The highest BCUT2D eigenvalue weighted by Gasteiger charge is 2.34. The first-order valence-electron chi connectivity index (χ1n) is 11.2. The maximum atomic E-state index is 13.5. The van der Waals surface area contributed by atoms with Gasteiger partial charge in [0.1, 0.15) is 0 Å². The Hall–Kier alpha value is -2.01. The van der Waals surface area contributed by atoms with Gasteiger partial charge in [-0.3, -0.25) is 4.79 Å². The summed E-state index contributed by atoms with van der Waals surface area (Å²) >= 11 is 12.3. The number of benzene rings is 2. The Morgan fingerprint density at radius 2 is 1.81 bits per heavy atom. The second kappa shape index (κ2) is 8.85. The first-order chi connectivity index (χ1) is 15.1. The molecule has 1 unspecified atom stereocenters. The van der Waals surface area contributed by atoms with Crippen molar-refractivity contribution in [2.24, 2.45) is 0 Å². The van der Waals surface area contributed by atoms with E-state index in [1.165, 1.54) is 35.9 Å². The summed E-state index contributed by atoms with van der Waals surface area (Å²) in [4.78, 5) is 21.8. The van der Waals surface area contributed by atoms with E-state index in [0.29, 0.717) is 16.5 Å². The molecule has 2 aliphatic heterocycles. The Labute approximate surface area is 193 Å². The van der Waals surface area contributed by atoms with E-state index in [1.54, 1.807) is 6.07 Å². The van der Waals surface area contributed by atoms with Crippen LogP contribution in [0.1, 0.15) is 42.1 Å². The number of hydrogen-bond acceptors (Lipinski definition) is 2. The third-order valence-electron chi connectivity index (χ3n) is 6.68. The van der Waals surface area contributed by atoms with Gasteiger partial charge in [-0.25, -0.2) is 0 Å². The quantitative estimate of drug-likeness (QED) is 0.553. The number of likely N-dealkylation sites (tertiary alicyclic amines) is 1. The molecule has 0 radical (unpaired) electrons. The Morgan fingerprint density at radius 1 is 1.00 bits per heavy atom. The predicted molar refractivity (Wildman–Crippen MR) is 127 cm³/mol. The van der Waals surface area contributed by atoms with Gasteiger partial charge in [0.2, 0.25) is 5.91 Å². The molecule has 5 rings (SSSR count). The summed E-state index contributed by atoms with van der Waals surface area (Å²) in [5.74, 6) is 0.149. The molecule has 0 spiro atoms. The lowest BCUT2D eigenvalue weighted by Crippen LogP contribution is -2.46. The summed E-state index contributed by atoms with van der Waals surface area (Å²) < 4.78 is 0. The lowest BCUT2D eigenvalue weighted by molar-refractivity contribution is -0.133. The van der Waals surface area contributed by atoms with Gasteiger partial charge in [0.05, 0.1) is 22.5 Å². The zero-order valence-electron chi connectivity index (χ0n) is 17.5. The first-order valence-corrected chi connectivity index (χ1v) is 11.9. The molecule has 1 atom stereocenters. The number of carbonyl (C=O) groups is 1. The van der Waals surface area contributed by atoms with Crippen molar-refractivity contribution in [2.75, 3.05) is 26.2 Å². The number of piperidine rings is 1. The number of para-hydroxylation sites is 1. The van der Waals surface area contributed by atoms with Crippen molar-refractivity contribution >= 4 is 40.0 Å². The van der Waals surface area contributed by atoms with Crippen molar-refractivity contribution in [3.63, 3.8) is 0 Å². The van der Waals surface area contributed by atoms with Gasteiger partial charge >= 0.3 is 0 Å². The van der Waals surface area contributed by atoms with Crippen LogP contribution in [0.2, 0.25) is 10.0 Å². The zero-order chi connectivity index (χ0) is 21.4. The lowest BCUT2D eigenvalue weighted by Gasteiger charge is -2.40. The number of hydrogen-bond donors (Lipinski definition) is 1. The first kappa shape index (κ1) is 20.9. The van der Waals surface area contributed by atoms with Crippen LogP contribution in [0.3, 0.4) is 0 Å². The molecule has 4 nitrogen and oxygen atoms in total. The summed E-state index contributed by atoms with van der Waals surface area (Å²) in [7, 11) is 0. The Kier molecular flexibility index (Phi) is 5.96. The highest BCUT2D eigenvalue weighted by molar-refractivity contribution is 6.42. The Bertz CT molecular complexity index is 1100. The second-order valence-corrected chi connectivity index (χ2v) is 9.52. The average molecular weight is 456 g/mol. The summed E-state index contributed by atoms with van der Waals surface area (Å²) in [6.07, 6.45) is 4.98. The number of carbonyl (C=O) groups excluding carboxylic acids is 1. The molecule has 2 aromatic carbocycles. The SMILES string of the molecule is O=C(Cc1ccc(Cl)c(Cl)c1)N1CCc2[nH]c3ccccc3c2C1CN1CCCCC1. The highest BCUT2D eigenvalue weighted by Crippen LogP contribution is 2.37. The standard InChI is InChI=1S/C25H27Cl2N3O/c26-19-9-8-17(14-20(19)27)15-24(31)30-13-10-22-25(18-6-2-3-7-21(18)28-22)23(30)16-29-11-4-1-5-12-29/h2-3,6-9,14,23,28H,1,4-5,10-13,15-16H2. The number of aromatic amines is 1. The number of nitrogens with one attached hydrogen (secondary N) is 1. The minimum atomic E-state index is 0.0632. The van der Waals surface area contributed by atoms with Crippen LogP contribution in [0.4, 0.5) is 0 Å². The van der Waals surface area contributed by atoms with Gasteiger partial charge in [0.25, 0.3) is 0 Å². The number of rotatable bonds is 4. The fourth-order valence-electron chi connectivity index (χ4n) is 5.14. The number of halogens is 2. The summed E-state index contributed by atoms with van der Waals surface area (Å²) in [6.45, 7) is 3.85. The van der Waals surface area contributed by atoms with Crippen molar-refractivity contribution in [2.45, 2.75) is 38.1 Å². The van der Waals surface area contributed by atoms with E-state index >= 15 is 0 Å². The number of nitrogens with zero attached hydrogens (tertiary/aromatic N) is 2. The number of H-pyrrole nitrogens is 1. The van der Waals surface area contributed by atoms with E-state index in [2.05, 4.69) is 39.0 Å². The molecule has 0 saturated carbocycles. The molecule has 1 aromatic heterocycles. The molecule has 31 heavy (non-hydrogen) atoms. The van der Waals surface area contributed by atoms with Crippen molar-refractivity contribution in [1.29, 1.82) is 0 Å². The molecular formula is C25H27Cl2N3O. The minimum Gasteiger partial charge on any atom is -0.358 e. The summed E-state index contributed by atoms with van der Waals surface area (Å²) in [5, 5.41) is 2.25. The van der Waals surface area contributed by atoms with Gasteiger partial charge in [0, 0.05) is 41.7 Å².